The van der Waals surface area contributed by atoms with Crippen LogP contribution >= 0.6 is 0 Å². The zero-order valence-electron chi connectivity index (χ0n) is 12.1. The van der Waals surface area contributed by atoms with Crippen molar-refractivity contribution in [1.29, 1.82) is 0 Å². The summed E-state index contributed by atoms with van der Waals surface area (Å²) < 4.78 is 5.28. The van der Waals surface area contributed by atoms with Gasteiger partial charge in [-0.05, 0) is 24.5 Å². The molecule has 0 amide bonds. The molecule has 0 fully saturated rings. The van der Waals surface area contributed by atoms with Gasteiger partial charge in [-0.25, -0.2) is 4.79 Å². The first-order valence-corrected chi connectivity index (χ1v) is 6.61. The Labute approximate surface area is 137 Å². The number of carbonyl (C=O) groups excluding carboxylic acids is 1. The van der Waals surface area contributed by atoms with E-state index in [4.69, 9.17) is 4.74 Å². The topological polar surface area (TPSA) is 49.4 Å². The molecule has 0 aliphatic rings. The largest absolute Gasteiger partial charge is 1.00 e. The van der Waals surface area contributed by atoms with Gasteiger partial charge >= 0.3 is 35.5 Å². The number of carbonyl (C=O) groups is 1. The number of ether oxygens (including phenoxy) is 1. The van der Waals surface area contributed by atoms with Gasteiger partial charge in [-0.1, -0.05) is 45.2 Å². The summed E-state index contributed by atoms with van der Waals surface area (Å²) in [6.45, 7) is 4.73. The van der Waals surface area contributed by atoms with Gasteiger partial charge in [0.25, 0.3) is 0 Å². The van der Waals surface area contributed by atoms with Crippen molar-refractivity contribution >= 4 is 5.97 Å². The second-order valence-corrected chi connectivity index (χ2v) is 4.54. The second-order valence-electron chi connectivity index (χ2n) is 4.54. The van der Waals surface area contributed by atoms with Crippen LogP contribution in [0.5, 0.6) is 5.75 Å². The third kappa shape index (κ3) is 7.00. The molecule has 19 heavy (non-hydrogen) atoms. The molecule has 0 saturated carbocycles. The predicted molar refractivity (Wildman–Crippen MR) is 69.5 cm³/mol. The Hall–Kier alpha value is -0.510. The Morgan fingerprint density at radius 1 is 1.26 bits per heavy atom. The van der Waals surface area contributed by atoms with Gasteiger partial charge < -0.3 is 9.84 Å². The Bertz CT molecular complexity index is 362. The van der Waals surface area contributed by atoms with Crippen LogP contribution in [0.3, 0.4) is 0 Å². The van der Waals surface area contributed by atoms with Crippen molar-refractivity contribution in [3.63, 3.8) is 0 Å². The van der Waals surface area contributed by atoms with E-state index in [0.717, 1.165) is 19.3 Å². The number of hydrogen-bond donors (Lipinski definition) is 0. The molecule has 1 aromatic rings. The third-order valence-corrected chi connectivity index (χ3v) is 3.08. The van der Waals surface area contributed by atoms with E-state index in [1.54, 1.807) is 0 Å². The molecule has 0 saturated heterocycles. The molecular formula is C15H21NaO3. The maximum atomic E-state index is 11.7. The molecule has 0 aromatic heterocycles. The maximum Gasteiger partial charge on any atom is 1.00 e. The molecule has 4 heteroatoms. The molecule has 1 unspecified atom stereocenters. The van der Waals surface area contributed by atoms with E-state index in [1.807, 2.05) is 0 Å². The van der Waals surface area contributed by atoms with E-state index < -0.39 is 0 Å². The van der Waals surface area contributed by atoms with Gasteiger partial charge in [0.1, 0.15) is 0 Å². The first kappa shape index (κ1) is 18.5. The molecule has 100 valence electrons. The Balaban J connectivity index is 0.00000324. The average molecular weight is 272 g/mol. The van der Waals surface area contributed by atoms with E-state index >= 15 is 0 Å². The minimum absolute atomic E-state index is 0. The molecule has 1 atom stereocenters. The van der Waals surface area contributed by atoms with Crippen molar-refractivity contribution < 1.29 is 44.2 Å². The fourth-order valence-electron chi connectivity index (χ4n) is 1.77. The fourth-order valence-corrected chi connectivity index (χ4v) is 1.77. The zero-order valence-corrected chi connectivity index (χ0v) is 14.1. The van der Waals surface area contributed by atoms with Gasteiger partial charge in [0.05, 0.1) is 12.2 Å². The second kappa shape index (κ2) is 10.3. The van der Waals surface area contributed by atoms with Crippen molar-refractivity contribution in [2.45, 2.75) is 39.5 Å². The van der Waals surface area contributed by atoms with Gasteiger partial charge in [-0.2, -0.15) is 0 Å². The van der Waals surface area contributed by atoms with Crippen LogP contribution in [0.15, 0.2) is 24.3 Å². The van der Waals surface area contributed by atoms with Crippen molar-refractivity contribution in [2.24, 2.45) is 5.92 Å². The maximum absolute atomic E-state index is 11.7. The van der Waals surface area contributed by atoms with E-state index in [2.05, 4.69) is 13.8 Å². The van der Waals surface area contributed by atoms with Gasteiger partial charge in [-0.3, -0.25) is 0 Å². The summed E-state index contributed by atoms with van der Waals surface area (Å²) in [5, 5.41) is 10.9. The molecule has 0 aliphatic heterocycles. The molecule has 0 bridgehead atoms. The van der Waals surface area contributed by atoms with Crippen molar-refractivity contribution in [2.75, 3.05) is 6.61 Å². The van der Waals surface area contributed by atoms with E-state index in [1.165, 1.54) is 30.7 Å². The van der Waals surface area contributed by atoms with Crippen LogP contribution in [0, 0.1) is 5.92 Å². The van der Waals surface area contributed by atoms with Crippen LogP contribution in [-0.4, -0.2) is 12.6 Å². The smallest absolute Gasteiger partial charge is 0.872 e. The van der Waals surface area contributed by atoms with Gasteiger partial charge in [0, 0.05) is 0 Å². The summed E-state index contributed by atoms with van der Waals surface area (Å²) in [4.78, 5) is 11.7. The van der Waals surface area contributed by atoms with Gasteiger partial charge in [0.2, 0.25) is 0 Å². The summed E-state index contributed by atoms with van der Waals surface area (Å²) in [7, 11) is 0. The molecule has 0 spiro atoms. The van der Waals surface area contributed by atoms with Crippen molar-refractivity contribution in [1.82, 2.24) is 0 Å². The fraction of sp³-hybridized carbons (Fsp3) is 0.533. The van der Waals surface area contributed by atoms with Crippen LogP contribution in [0.4, 0.5) is 0 Å². The Morgan fingerprint density at radius 2 is 1.89 bits per heavy atom. The Morgan fingerprint density at radius 3 is 2.42 bits per heavy atom. The van der Waals surface area contributed by atoms with Crippen LogP contribution in [0.2, 0.25) is 0 Å². The molecule has 0 heterocycles. The van der Waals surface area contributed by atoms with E-state index in [0.29, 0.717) is 18.1 Å². The van der Waals surface area contributed by atoms with E-state index in [-0.39, 0.29) is 41.3 Å². The SMILES string of the molecule is CCCCC(CC)COC(=O)c1ccc([O-])cc1.[Na+]. The number of hydrogen-bond acceptors (Lipinski definition) is 3. The minimum atomic E-state index is -0.343. The molecule has 1 aromatic carbocycles. The monoisotopic (exact) mass is 272 g/mol. The first-order valence-electron chi connectivity index (χ1n) is 6.61. The molecule has 0 N–H and O–H groups in total. The molecular weight excluding hydrogens is 251 g/mol. The van der Waals surface area contributed by atoms with Gasteiger partial charge in [-0.15, -0.1) is 5.75 Å². The summed E-state index contributed by atoms with van der Waals surface area (Å²) in [5.41, 5.74) is 0.444. The quantitative estimate of drug-likeness (QED) is 0.524. The zero-order chi connectivity index (χ0) is 13.4. The Kier molecular flexibility index (Phi) is 10.0. The third-order valence-electron chi connectivity index (χ3n) is 3.08. The van der Waals surface area contributed by atoms with Crippen LogP contribution < -0.4 is 34.7 Å². The summed E-state index contributed by atoms with van der Waals surface area (Å²) in [6, 6.07) is 5.78. The van der Waals surface area contributed by atoms with Crippen molar-refractivity contribution in [3.8, 4) is 5.75 Å². The normalized spacial score (nSPS) is 11.5. The summed E-state index contributed by atoms with van der Waals surface area (Å²) in [6.07, 6.45) is 4.45. The molecule has 0 radical (unpaired) electrons. The molecule has 3 nitrogen and oxygen atoms in total. The minimum Gasteiger partial charge on any atom is -0.872 e. The van der Waals surface area contributed by atoms with Crippen LogP contribution in [-0.2, 0) is 4.74 Å². The van der Waals surface area contributed by atoms with E-state index in [9.17, 15) is 9.90 Å². The standard InChI is InChI=1S/C15H22O3.Na/c1-3-5-6-12(4-2)11-18-15(17)13-7-9-14(16)10-8-13;/h7-10,12,16H,3-6,11H2,1-2H3;/q;+1/p-1. The number of unbranched alkanes of at least 4 members (excludes halogenated alkanes) is 1. The number of rotatable bonds is 7. The van der Waals surface area contributed by atoms with Crippen molar-refractivity contribution in [3.05, 3.63) is 29.8 Å². The molecule has 1 rings (SSSR count). The van der Waals surface area contributed by atoms with Crippen LogP contribution in [0.25, 0.3) is 0 Å². The average Bonchev–Trinajstić information content (AvgIpc) is 2.39. The predicted octanol–water partition coefficient (Wildman–Crippen LogP) is 0.137. The first-order chi connectivity index (χ1) is 8.67. The summed E-state index contributed by atoms with van der Waals surface area (Å²) in [5.74, 6) is -0.00133. The number of benzene rings is 1. The molecule has 0 aliphatic carbocycles. The summed E-state index contributed by atoms with van der Waals surface area (Å²) >= 11 is 0. The van der Waals surface area contributed by atoms with Crippen LogP contribution in [0.1, 0.15) is 49.9 Å². The van der Waals surface area contributed by atoms with Gasteiger partial charge in [0.15, 0.2) is 0 Å². The number of esters is 1.